The van der Waals surface area contributed by atoms with Gasteiger partial charge in [-0.25, -0.2) is 0 Å². The lowest BCUT2D eigenvalue weighted by atomic mass is 10.1. The second-order valence-electron chi connectivity index (χ2n) is 2.84. The van der Waals surface area contributed by atoms with Gasteiger partial charge in [-0.1, -0.05) is 19.3 Å². The highest BCUT2D eigenvalue weighted by atomic mass is 32.1. The van der Waals surface area contributed by atoms with E-state index in [0.717, 1.165) is 31.4 Å². The number of carbonyl (C=O) groups is 1. The van der Waals surface area contributed by atoms with Gasteiger partial charge in [-0.05, 0) is 18.6 Å². The molecule has 0 heterocycles. The highest BCUT2D eigenvalue weighted by Gasteiger charge is 2.07. The van der Waals surface area contributed by atoms with Crippen molar-refractivity contribution in [1.82, 2.24) is 0 Å². The highest BCUT2D eigenvalue weighted by molar-refractivity contribution is 7.81. The quantitative estimate of drug-likeness (QED) is 0.431. The summed E-state index contributed by atoms with van der Waals surface area (Å²) >= 11 is 8.17. The third-order valence-corrected chi connectivity index (χ3v) is 2.54. The van der Waals surface area contributed by atoms with Crippen molar-refractivity contribution in [3.05, 3.63) is 0 Å². The maximum Gasteiger partial charge on any atom is 0.230 e. The Labute approximate surface area is 85.1 Å². The first kappa shape index (κ1) is 12.2. The smallest absolute Gasteiger partial charge is 0.230 e. The van der Waals surface area contributed by atoms with Crippen LogP contribution in [-0.4, -0.2) is 16.9 Å². The van der Waals surface area contributed by atoms with Gasteiger partial charge in [-0.2, -0.15) is 25.3 Å². The fraction of sp³-hybridized carbons (Fsp3) is 0.875. The van der Waals surface area contributed by atoms with Gasteiger partial charge in [0.2, 0.25) is 5.91 Å². The Morgan fingerprint density at radius 2 is 1.83 bits per heavy atom. The number of nitrogens with two attached hydrogens (primary N) is 1. The summed E-state index contributed by atoms with van der Waals surface area (Å²) in [5.41, 5.74) is 5.05. The predicted octanol–water partition coefficient (Wildman–Crippen LogP) is 1.65. The van der Waals surface area contributed by atoms with Gasteiger partial charge >= 0.3 is 0 Å². The van der Waals surface area contributed by atoms with Crippen LogP contribution < -0.4 is 5.73 Å². The van der Waals surface area contributed by atoms with Crippen molar-refractivity contribution in [2.45, 2.75) is 37.4 Å². The monoisotopic (exact) mass is 207 g/mol. The molecule has 2 N–H and O–H groups in total. The maximum atomic E-state index is 10.6. The molecule has 0 spiro atoms. The average Bonchev–Trinajstić information content (AvgIpc) is 2.03. The van der Waals surface area contributed by atoms with Crippen LogP contribution in [0.1, 0.15) is 32.1 Å². The molecule has 72 valence electrons. The van der Waals surface area contributed by atoms with E-state index < -0.39 is 0 Å². The minimum Gasteiger partial charge on any atom is -0.369 e. The largest absolute Gasteiger partial charge is 0.369 e. The van der Waals surface area contributed by atoms with Gasteiger partial charge in [0.15, 0.2) is 0 Å². The second-order valence-corrected chi connectivity index (χ2v) is 3.92. The molecule has 1 atom stereocenters. The molecule has 1 amide bonds. The average molecular weight is 207 g/mol. The van der Waals surface area contributed by atoms with Crippen LogP contribution in [0.25, 0.3) is 0 Å². The van der Waals surface area contributed by atoms with Gasteiger partial charge in [0.05, 0.1) is 5.25 Å². The molecule has 0 aliphatic heterocycles. The first-order chi connectivity index (χ1) is 5.68. The molecule has 0 saturated carbocycles. The third-order valence-electron chi connectivity index (χ3n) is 1.71. The summed E-state index contributed by atoms with van der Waals surface area (Å²) in [6, 6.07) is 0. The molecule has 0 aromatic heterocycles. The Balaban J connectivity index is 3.14. The summed E-state index contributed by atoms with van der Waals surface area (Å²) < 4.78 is 0. The fourth-order valence-corrected chi connectivity index (χ4v) is 1.35. The zero-order valence-electron chi connectivity index (χ0n) is 7.20. The molecule has 4 heteroatoms. The number of rotatable bonds is 7. The van der Waals surface area contributed by atoms with E-state index in [9.17, 15) is 4.79 Å². The molecule has 2 nitrogen and oxygen atoms in total. The van der Waals surface area contributed by atoms with Crippen molar-refractivity contribution < 1.29 is 4.79 Å². The van der Waals surface area contributed by atoms with Crippen molar-refractivity contribution >= 4 is 31.2 Å². The third kappa shape index (κ3) is 6.85. The number of thiol groups is 2. The first-order valence-corrected chi connectivity index (χ1v) is 5.41. The van der Waals surface area contributed by atoms with Crippen molar-refractivity contribution in [2.75, 3.05) is 5.75 Å². The standard InChI is InChI=1S/C8H17NOS2/c9-8(10)7(12)5-3-1-2-4-6-11/h7,11-12H,1-6H2,(H2,9,10). The van der Waals surface area contributed by atoms with Crippen LogP contribution in [0.2, 0.25) is 0 Å². The Kier molecular flexibility index (Phi) is 7.91. The van der Waals surface area contributed by atoms with E-state index in [1.807, 2.05) is 0 Å². The van der Waals surface area contributed by atoms with Gasteiger partial charge in [-0.15, -0.1) is 0 Å². The molecule has 0 aromatic rings. The highest BCUT2D eigenvalue weighted by Crippen LogP contribution is 2.09. The van der Waals surface area contributed by atoms with E-state index in [-0.39, 0.29) is 11.2 Å². The molecule has 0 aromatic carbocycles. The van der Waals surface area contributed by atoms with Crippen molar-refractivity contribution in [3.63, 3.8) is 0 Å². The Morgan fingerprint density at radius 3 is 2.33 bits per heavy atom. The number of carbonyl (C=O) groups excluding carboxylic acids is 1. The van der Waals surface area contributed by atoms with Gasteiger partial charge in [0, 0.05) is 0 Å². The molecular formula is C8H17NOS2. The van der Waals surface area contributed by atoms with Gasteiger partial charge < -0.3 is 5.73 Å². The van der Waals surface area contributed by atoms with Crippen LogP contribution >= 0.6 is 25.3 Å². The lowest BCUT2D eigenvalue weighted by Gasteiger charge is -2.04. The fourth-order valence-electron chi connectivity index (χ4n) is 0.945. The number of unbranched alkanes of at least 4 members (excludes halogenated alkanes) is 3. The van der Waals surface area contributed by atoms with Crippen molar-refractivity contribution in [3.8, 4) is 0 Å². The van der Waals surface area contributed by atoms with Crippen LogP contribution in [0, 0.1) is 0 Å². The first-order valence-electron chi connectivity index (χ1n) is 4.26. The summed E-state index contributed by atoms with van der Waals surface area (Å²) in [5.74, 6) is 0.632. The molecule has 0 rings (SSSR count). The van der Waals surface area contributed by atoms with E-state index in [4.69, 9.17) is 5.73 Å². The normalized spacial score (nSPS) is 12.8. The van der Waals surface area contributed by atoms with Gasteiger partial charge in [-0.3, -0.25) is 4.79 Å². The van der Waals surface area contributed by atoms with Gasteiger partial charge in [0.25, 0.3) is 0 Å². The summed E-state index contributed by atoms with van der Waals surface area (Å²) in [5, 5.41) is -0.263. The molecule has 0 bridgehead atoms. The molecule has 0 saturated heterocycles. The summed E-state index contributed by atoms with van der Waals surface area (Å²) in [6.45, 7) is 0. The maximum absolute atomic E-state index is 10.6. The van der Waals surface area contributed by atoms with Crippen LogP contribution in [0.4, 0.5) is 0 Å². The zero-order valence-corrected chi connectivity index (χ0v) is 8.99. The molecule has 1 unspecified atom stereocenters. The second kappa shape index (κ2) is 7.80. The van der Waals surface area contributed by atoms with E-state index in [2.05, 4.69) is 25.3 Å². The SMILES string of the molecule is NC(=O)C(S)CCCCCCS. The summed E-state index contributed by atoms with van der Waals surface area (Å²) in [4.78, 5) is 10.6. The van der Waals surface area contributed by atoms with E-state index >= 15 is 0 Å². The molecule has 0 fully saturated rings. The van der Waals surface area contributed by atoms with Gasteiger partial charge in [0.1, 0.15) is 0 Å². The van der Waals surface area contributed by atoms with E-state index in [1.54, 1.807) is 0 Å². The lowest BCUT2D eigenvalue weighted by molar-refractivity contribution is -0.117. The zero-order chi connectivity index (χ0) is 9.40. The molecule has 12 heavy (non-hydrogen) atoms. The van der Waals surface area contributed by atoms with Crippen molar-refractivity contribution in [2.24, 2.45) is 5.73 Å². The minimum absolute atomic E-state index is 0.263. The van der Waals surface area contributed by atoms with Crippen LogP contribution in [0.5, 0.6) is 0 Å². The minimum atomic E-state index is -0.312. The van der Waals surface area contributed by atoms with E-state index in [1.165, 1.54) is 6.42 Å². The number of hydrogen-bond acceptors (Lipinski definition) is 3. The number of primary amides is 1. The lowest BCUT2D eigenvalue weighted by Crippen LogP contribution is -2.23. The van der Waals surface area contributed by atoms with Crippen LogP contribution in [0.15, 0.2) is 0 Å². The number of amides is 1. The molecule has 0 radical (unpaired) electrons. The number of hydrogen-bond donors (Lipinski definition) is 3. The van der Waals surface area contributed by atoms with Crippen LogP contribution in [-0.2, 0) is 4.79 Å². The van der Waals surface area contributed by atoms with Crippen LogP contribution in [0.3, 0.4) is 0 Å². The van der Waals surface area contributed by atoms with Crippen molar-refractivity contribution in [1.29, 1.82) is 0 Å². The molecular weight excluding hydrogens is 190 g/mol. The predicted molar refractivity (Wildman–Crippen MR) is 58.9 cm³/mol. The molecule has 0 aliphatic carbocycles. The summed E-state index contributed by atoms with van der Waals surface area (Å²) in [6.07, 6.45) is 5.31. The molecule has 0 aliphatic rings. The summed E-state index contributed by atoms with van der Waals surface area (Å²) in [7, 11) is 0. The van der Waals surface area contributed by atoms with E-state index in [0.29, 0.717) is 0 Å². The topological polar surface area (TPSA) is 43.1 Å². The Bertz CT molecular complexity index is 130. The Hall–Kier alpha value is 0.170. The Morgan fingerprint density at radius 1 is 1.25 bits per heavy atom.